The zero-order valence-corrected chi connectivity index (χ0v) is 24.0. The Morgan fingerprint density at radius 2 is 1.74 bits per heavy atom. The van der Waals surface area contributed by atoms with E-state index < -0.39 is 33.5 Å². The fourth-order valence-corrected chi connectivity index (χ4v) is 8.63. The summed E-state index contributed by atoms with van der Waals surface area (Å²) in [5.74, 6) is -0.283. The average molecular weight is 558 g/mol. The SMILES string of the molecule is CC(C)c1ccccc1N1C(=NC(=O)[C@H](Cc2ccccc2)NC(=O)OC(C)(C)C)S[C@@H]2CS(=O)(=O)C[C@H]21. The van der Waals surface area contributed by atoms with Gasteiger partial charge in [-0.1, -0.05) is 74.1 Å². The third kappa shape index (κ3) is 6.77. The highest BCUT2D eigenvalue weighted by atomic mass is 32.2. The van der Waals surface area contributed by atoms with Gasteiger partial charge < -0.3 is 15.0 Å². The molecule has 0 spiro atoms. The van der Waals surface area contributed by atoms with E-state index in [2.05, 4.69) is 24.2 Å². The highest BCUT2D eigenvalue weighted by molar-refractivity contribution is 8.16. The van der Waals surface area contributed by atoms with Crippen LogP contribution in [0.4, 0.5) is 10.5 Å². The smallest absolute Gasteiger partial charge is 0.408 e. The maximum absolute atomic E-state index is 13.6. The Morgan fingerprint density at radius 1 is 1.08 bits per heavy atom. The molecular weight excluding hydrogens is 522 g/mol. The van der Waals surface area contributed by atoms with Gasteiger partial charge in [0.15, 0.2) is 15.0 Å². The number of carbonyl (C=O) groups is 2. The van der Waals surface area contributed by atoms with E-state index in [0.29, 0.717) is 5.17 Å². The van der Waals surface area contributed by atoms with E-state index in [1.54, 1.807) is 20.8 Å². The molecular formula is C28H35N3O5S2. The van der Waals surface area contributed by atoms with Gasteiger partial charge in [-0.3, -0.25) is 4.79 Å². The summed E-state index contributed by atoms with van der Waals surface area (Å²) in [5, 5.41) is 2.93. The molecule has 2 heterocycles. The van der Waals surface area contributed by atoms with Crippen molar-refractivity contribution in [2.45, 2.75) is 69.9 Å². The highest BCUT2D eigenvalue weighted by Gasteiger charge is 2.50. The van der Waals surface area contributed by atoms with Gasteiger partial charge in [-0.2, -0.15) is 4.99 Å². The minimum absolute atomic E-state index is 0.00785. The van der Waals surface area contributed by atoms with Crippen molar-refractivity contribution >= 4 is 44.5 Å². The lowest BCUT2D eigenvalue weighted by Crippen LogP contribution is -2.45. The van der Waals surface area contributed by atoms with E-state index in [1.807, 2.05) is 59.5 Å². The molecule has 2 aromatic rings. The summed E-state index contributed by atoms with van der Waals surface area (Å²) in [5.41, 5.74) is 2.04. The van der Waals surface area contributed by atoms with Gasteiger partial charge >= 0.3 is 6.09 Å². The van der Waals surface area contributed by atoms with Crippen LogP contribution in [-0.2, 0) is 25.8 Å². The van der Waals surface area contributed by atoms with Gasteiger partial charge in [-0.25, -0.2) is 13.2 Å². The molecule has 3 atom stereocenters. The van der Waals surface area contributed by atoms with E-state index >= 15 is 0 Å². The number of thioether (sulfide) groups is 1. The van der Waals surface area contributed by atoms with Crippen molar-refractivity contribution in [3.8, 4) is 0 Å². The van der Waals surface area contributed by atoms with Crippen molar-refractivity contribution in [3.63, 3.8) is 0 Å². The molecule has 2 aliphatic heterocycles. The van der Waals surface area contributed by atoms with Crippen LogP contribution < -0.4 is 10.2 Å². The number of benzene rings is 2. The summed E-state index contributed by atoms with van der Waals surface area (Å²) in [6.45, 7) is 9.42. The van der Waals surface area contributed by atoms with Crippen molar-refractivity contribution in [2.75, 3.05) is 16.4 Å². The third-order valence-electron chi connectivity index (χ3n) is 6.36. The number of nitrogens with zero attached hydrogens (tertiary/aromatic N) is 2. The predicted molar refractivity (Wildman–Crippen MR) is 153 cm³/mol. The van der Waals surface area contributed by atoms with Crippen LogP contribution in [0.2, 0.25) is 0 Å². The standard InChI is InChI=1S/C28H35N3O5S2/c1-18(2)20-13-9-10-14-22(20)31-23-16-38(34,35)17-24(23)37-26(31)30-25(32)21(15-19-11-7-6-8-12-19)29-27(33)36-28(3,4)5/h6-14,18,21,23-24H,15-17H2,1-5H3,(H,29,33)/t21-,23+,24+/m0/s1. The normalized spacial score (nSPS) is 22.4. The molecule has 4 rings (SSSR count). The van der Waals surface area contributed by atoms with Crippen molar-refractivity contribution < 1.29 is 22.7 Å². The fraction of sp³-hybridized carbons (Fsp3) is 0.464. The minimum Gasteiger partial charge on any atom is -0.444 e. The number of sulfone groups is 1. The molecule has 2 saturated heterocycles. The first-order chi connectivity index (χ1) is 17.8. The van der Waals surface area contributed by atoms with E-state index in [-0.39, 0.29) is 35.1 Å². The van der Waals surface area contributed by atoms with Crippen molar-refractivity contribution in [1.29, 1.82) is 0 Å². The molecule has 0 saturated carbocycles. The topological polar surface area (TPSA) is 105 Å². The number of carbonyl (C=O) groups excluding carboxylic acids is 2. The number of rotatable bonds is 6. The first-order valence-corrected chi connectivity index (χ1v) is 15.4. The molecule has 38 heavy (non-hydrogen) atoms. The first-order valence-electron chi connectivity index (χ1n) is 12.7. The van der Waals surface area contributed by atoms with Crippen LogP contribution >= 0.6 is 11.8 Å². The van der Waals surface area contributed by atoms with Crippen LogP contribution in [0, 0.1) is 0 Å². The summed E-state index contributed by atoms with van der Waals surface area (Å²) in [4.78, 5) is 32.7. The molecule has 0 aromatic heterocycles. The number of anilines is 1. The summed E-state index contributed by atoms with van der Waals surface area (Å²) in [6.07, 6.45) is -0.458. The van der Waals surface area contributed by atoms with Crippen LogP contribution in [0.5, 0.6) is 0 Å². The van der Waals surface area contributed by atoms with Crippen molar-refractivity contribution in [3.05, 3.63) is 65.7 Å². The number of hydrogen-bond acceptors (Lipinski definition) is 6. The Kier molecular flexibility index (Phi) is 8.23. The molecule has 0 bridgehead atoms. The predicted octanol–water partition coefficient (Wildman–Crippen LogP) is 4.55. The monoisotopic (exact) mass is 557 g/mol. The Bertz CT molecular complexity index is 1320. The maximum Gasteiger partial charge on any atom is 0.408 e. The average Bonchev–Trinajstić information content (AvgIpc) is 3.28. The number of amides is 2. The summed E-state index contributed by atoms with van der Waals surface area (Å²) < 4.78 is 30.4. The summed E-state index contributed by atoms with van der Waals surface area (Å²) in [7, 11) is -3.20. The molecule has 8 nitrogen and oxygen atoms in total. The number of para-hydroxylation sites is 1. The molecule has 2 aromatic carbocycles. The van der Waals surface area contributed by atoms with Crippen LogP contribution in [0.25, 0.3) is 0 Å². The van der Waals surface area contributed by atoms with Gasteiger partial charge in [0.25, 0.3) is 5.91 Å². The second kappa shape index (κ2) is 11.1. The zero-order valence-electron chi connectivity index (χ0n) is 22.4. The van der Waals surface area contributed by atoms with Gasteiger partial charge in [0.2, 0.25) is 0 Å². The van der Waals surface area contributed by atoms with Crippen LogP contribution in [0.1, 0.15) is 51.7 Å². The second-order valence-corrected chi connectivity index (χ2v) is 14.4. The maximum atomic E-state index is 13.6. The van der Waals surface area contributed by atoms with Gasteiger partial charge in [0, 0.05) is 17.4 Å². The number of hydrogen-bond donors (Lipinski definition) is 1. The second-order valence-electron chi connectivity index (χ2n) is 11.0. The third-order valence-corrected chi connectivity index (χ3v) is 9.57. The van der Waals surface area contributed by atoms with Gasteiger partial charge in [-0.05, 0) is 43.9 Å². The minimum atomic E-state index is -3.20. The van der Waals surface area contributed by atoms with Crippen LogP contribution in [0.15, 0.2) is 59.6 Å². The van der Waals surface area contributed by atoms with Gasteiger partial charge in [-0.15, -0.1) is 0 Å². The lowest BCUT2D eigenvalue weighted by atomic mass is 9.99. The molecule has 204 valence electrons. The van der Waals surface area contributed by atoms with E-state index in [1.165, 1.54) is 11.8 Å². The van der Waals surface area contributed by atoms with Crippen LogP contribution in [-0.4, -0.2) is 60.0 Å². The van der Waals surface area contributed by atoms with Crippen molar-refractivity contribution in [2.24, 2.45) is 4.99 Å². The van der Waals surface area contributed by atoms with Crippen LogP contribution in [0.3, 0.4) is 0 Å². The highest BCUT2D eigenvalue weighted by Crippen LogP contribution is 2.43. The summed E-state index contributed by atoms with van der Waals surface area (Å²) >= 11 is 1.32. The Hall–Kier alpha value is -2.85. The Morgan fingerprint density at radius 3 is 2.39 bits per heavy atom. The molecule has 2 aliphatic rings. The van der Waals surface area contributed by atoms with E-state index in [9.17, 15) is 18.0 Å². The lowest BCUT2D eigenvalue weighted by molar-refractivity contribution is -0.119. The number of nitrogens with one attached hydrogen (secondary N) is 1. The Balaban J connectivity index is 1.69. The summed E-state index contributed by atoms with van der Waals surface area (Å²) in [6, 6.07) is 15.9. The molecule has 0 unspecified atom stereocenters. The molecule has 10 heteroatoms. The van der Waals surface area contributed by atoms with Crippen molar-refractivity contribution in [1.82, 2.24) is 5.32 Å². The quantitative estimate of drug-likeness (QED) is 0.556. The molecule has 0 aliphatic carbocycles. The number of amidine groups is 1. The lowest BCUT2D eigenvalue weighted by Gasteiger charge is -2.28. The van der Waals surface area contributed by atoms with E-state index in [4.69, 9.17) is 4.74 Å². The molecule has 2 amide bonds. The number of fused-ring (bicyclic) bond motifs is 1. The number of alkyl carbamates (subject to hydrolysis) is 1. The number of ether oxygens (including phenoxy) is 1. The zero-order chi connectivity index (χ0) is 27.7. The molecule has 2 fully saturated rings. The molecule has 0 radical (unpaired) electrons. The molecule has 1 N–H and O–H groups in total. The first kappa shape index (κ1) is 28.2. The fourth-order valence-electron chi connectivity index (χ4n) is 4.71. The number of aliphatic imine (C=N–C) groups is 1. The van der Waals surface area contributed by atoms with E-state index in [0.717, 1.165) is 16.8 Å². The van der Waals surface area contributed by atoms with Gasteiger partial charge in [0.1, 0.15) is 11.6 Å². The van der Waals surface area contributed by atoms with Gasteiger partial charge in [0.05, 0.1) is 17.5 Å². The largest absolute Gasteiger partial charge is 0.444 e. The Labute approximate surface area is 229 Å².